The number of hydrogen-bond acceptors (Lipinski definition) is 5. The quantitative estimate of drug-likeness (QED) is 0.695. The normalized spacial score (nSPS) is 19.8. The third-order valence-corrected chi connectivity index (χ3v) is 4.59. The Hall–Kier alpha value is -2.87. The van der Waals surface area contributed by atoms with Gasteiger partial charge in [-0.1, -0.05) is 0 Å². The molecule has 2 amide bonds. The summed E-state index contributed by atoms with van der Waals surface area (Å²) >= 11 is 0. The molecule has 0 unspecified atom stereocenters. The molecule has 0 aliphatic carbocycles. The van der Waals surface area contributed by atoms with E-state index in [1.54, 1.807) is 0 Å². The highest BCUT2D eigenvalue weighted by Crippen LogP contribution is 2.22. The van der Waals surface area contributed by atoms with Crippen molar-refractivity contribution in [3.05, 3.63) is 57.9 Å². The summed E-state index contributed by atoms with van der Waals surface area (Å²) in [5.41, 5.74) is 0.118. The van der Waals surface area contributed by atoms with E-state index >= 15 is 0 Å². The van der Waals surface area contributed by atoms with Crippen LogP contribution in [-0.4, -0.2) is 46.9 Å². The number of likely N-dealkylation sites (N-methyl/N-ethyl adjacent to an activating group) is 1. The van der Waals surface area contributed by atoms with Gasteiger partial charge in [0.15, 0.2) is 0 Å². The average Bonchev–Trinajstić information content (AvgIpc) is 3.22. The Morgan fingerprint density at radius 2 is 2.11 bits per heavy atom. The minimum absolute atomic E-state index is 0.0541. The fourth-order valence-electron chi connectivity index (χ4n) is 3.34. The largest absolute Gasteiger partial charge is 0.465 e. The van der Waals surface area contributed by atoms with Crippen molar-refractivity contribution in [2.24, 2.45) is 0 Å². The van der Waals surface area contributed by atoms with E-state index in [9.17, 15) is 14.4 Å². The predicted molar refractivity (Wildman–Crippen MR) is 99.3 cm³/mol. The summed E-state index contributed by atoms with van der Waals surface area (Å²) in [6.07, 6.45) is 1.90. The minimum Gasteiger partial charge on any atom is -0.465 e. The van der Waals surface area contributed by atoms with Crippen molar-refractivity contribution in [2.75, 3.05) is 13.1 Å². The van der Waals surface area contributed by atoms with Gasteiger partial charge >= 0.3 is 0 Å². The molecular weight excluding hydrogens is 348 g/mol. The fraction of sp³-hybridized carbons (Fsp3) is 0.421. The second-order valence-electron chi connectivity index (χ2n) is 6.70. The van der Waals surface area contributed by atoms with E-state index in [0.717, 1.165) is 11.5 Å². The minimum atomic E-state index is -0.337. The highest BCUT2D eigenvalue weighted by atomic mass is 16.3. The Balaban J connectivity index is 1.69. The monoisotopic (exact) mass is 372 g/mol. The first-order valence-corrected chi connectivity index (χ1v) is 9.03. The summed E-state index contributed by atoms with van der Waals surface area (Å²) in [4.78, 5) is 40.5. The Morgan fingerprint density at radius 1 is 1.30 bits per heavy atom. The number of nitrogens with one attached hydrogen (secondary N) is 3. The molecule has 1 aliphatic rings. The van der Waals surface area contributed by atoms with Gasteiger partial charge < -0.3 is 20.0 Å². The maximum atomic E-state index is 12.5. The summed E-state index contributed by atoms with van der Waals surface area (Å²) in [5.74, 6) is 1.28. The van der Waals surface area contributed by atoms with Crippen LogP contribution < -0.4 is 16.2 Å². The molecule has 2 aromatic rings. The fourth-order valence-corrected chi connectivity index (χ4v) is 3.34. The third-order valence-electron chi connectivity index (χ3n) is 4.59. The predicted octanol–water partition coefficient (Wildman–Crippen LogP) is 0.785. The Morgan fingerprint density at radius 3 is 2.74 bits per heavy atom. The summed E-state index contributed by atoms with van der Waals surface area (Å²) < 4.78 is 5.64. The molecular formula is C19H24N4O4. The van der Waals surface area contributed by atoms with Gasteiger partial charge in [0.05, 0.1) is 18.2 Å². The Bertz CT molecular complexity index is 852. The van der Waals surface area contributed by atoms with Gasteiger partial charge in [-0.15, -0.1) is 0 Å². The molecule has 144 valence electrons. The van der Waals surface area contributed by atoms with Gasteiger partial charge in [0.1, 0.15) is 11.5 Å². The van der Waals surface area contributed by atoms with Crippen molar-refractivity contribution in [2.45, 2.75) is 38.9 Å². The van der Waals surface area contributed by atoms with Crippen molar-refractivity contribution in [3.8, 4) is 0 Å². The van der Waals surface area contributed by atoms with Gasteiger partial charge in [0, 0.05) is 31.4 Å². The topological polar surface area (TPSA) is 107 Å². The van der Waals surface area contributed by atoms with Crippen LogP contribution in [-0.2, 0) is 11.3 Å². The zero-order valence-electron chi connectivity index (χ0n) is 15.5. The standard InChI is InChI=1S/C19H24N4O4/c1-3-20-19(26)16-8-14(10-23(16)11-15-6-4-12(2)27-15)22-18(25)13-5-7-17(24)21-9-13/h4-7,9,14,16H,3,8,10-11H2,1-2H3,(H,20,26)(H,21,24)(H,22,25)/t14-,16+/m1/s1. The molecule has 0 aromatic carbocycles. The van der Waals surface area contributed by atoms with Crippen LogP contribution in [0.3, 0.4) is 0 Å². The van der Waals surface area contributed by atoms with E-state index in [2.05, 4.69) is 15.6 Å². The lowest BCUT2D eigenvalue weighted by atomic mass is 10.1. The molecule has 3 heterocycles. The lowest BCUT2D eigenvalue weighted by molar-refractivity contribution is -0.125. The van der Waals surface area contributed by atoms with Crippen LogP contribution in [0.15, 0.2) is 39.7 Å². The number of aromatic nitrogens is 1. The molecule has 0 saturated carbocycles. The maximum Gasteiger partial charge on any atom is 0.253 e. The van der Waals surface area contributed by atoms with Crippen LogP contribution in [0.5, 0.6) is 0 Å². The highest BCUT2D eigenvalue weighted by molar-refractivity contribution is 5.94. The van der Waals surface area contributed by atoms with E-state index in [1.807, 2.05) is 30.9 Å². The van der Waals surface area contributed by atoms with Crippen molar-refractivity contribution < 1.29 is 14.0 Å². The van der Waals surface area contributed by atoms with Gasteiger partial charge in [-0.2, -0.15) is 0 Å². The van der Waals surface area contributed by atoms with Crippen LogP contribution in [0.4, 0.5) is 0 Å². The number of carbonyl (C=O) groups is 2. The van der Waals surface area contributed by atoms with Crippen LogP contribution >= 0.6 is 0 Å². The first-order valence-electron chi connectivity index (χ1n) is 9.03. The summed E-state index contributed by atoms with van der Waals surface area (Å²) in [7, 11) is 0. The first-order chi connectivity index (χ1) is 13.0. The van der Waals surface area contributed by atoms with Crippen LogP contribution in [0.25, 0.3) is 0 Å². The molecule has 3 rings (SSSR count). The lowest BCUT2D eigenvalue weighted by Crippen LogP contribution is -2.42. The lowest BCUT2D eigenvalue weighted by Gasteiger charge is -2.22. The molecule has 0 spiro atoms. The number of pyridine rings is 1. The third kappa shape index (κ3) is 4.65. The number of likely N-dealkylation sites (tertiary alicyclic amines) is 1. The van der Waals surface area contributed by atoms with Crippen LogP contribution in [0.1, 0.15) is 35.2 Å². The highest BCUT2D eigenvalue weighted by Gasteiger charge is 2.37. The molecule has 2 aromatic heterocycles. The van der Waals surface area contributed by atoms with E-state index in [1.165, 1.54) is 18.3 Å². The van der Waals surface area contributed by atoms with Crippen molar-refractivity contribution >= 4 is 11.8 Å². The van der Waals surface area contributed by atoms with Gasteiger partial charge in [-0.3, -0.25) is 19.3 Å². The number of amides is 2. The summed E-state index contributed by atoms with van der Waals surface area (Å²) in [6.45, 7) is 5.35. The molecule has 27 heavy (non-hydrogen) atoms. The summed E-state index contributed by atoms with van der Waals surface area (Å²) in [6, 6.07) is 6.07. The number of hydrogen-bond donors (Lipinski definition) is 3. The summed E-state index contributed by atoms with van der Waals surface area (Å²) in [5, 5.41) is 5.81. The smallest absolute Gasteiger partial charge is 0.253 e. The maximum absolute atomic E-state index is 12.5. The van der Waals surface area contributed by atoms with E-state index in [0.29, 0.717) is 31.6 Å². The van der Waals surface area contributed by atoms with Crippen molar-refractivity contribution in [3.63, 3.8) is 0 Å². The second-order valence-corrected chi connectivity index (χ2v) is 6.70. The first kappa shape index (κ1) is 18.9. The van der Waals surface area contributed by atoms with Crippen molar-refractivity contribution in [1.82, 2.24) is 20.5 Å². The number of nitrogens with zero attached hydrogens (tertiary/aromatic N) is 1. The van der Waals surface area contributed by atoms with E-state index < -0.39 is 0 Å². The number of aryl methyl sites for hydroxylation is 1. The molecule has 2 atom stereocenters. The molecule has 8 nitrogen and oxygen atoms in total. The Labute approximate surface area is 156 Å². The van der Waals surface area contributed by atoms with Gasteiger partial charge in [-0.05, 0) is 38.5 Å². The number of furan rings is 1. The van der Waals surface area contributed by atoms with Crippen molar-refractivity contribution in [1.29, 1.82) is 0 Å². The number of carbonyl (C=O) groups excluding carboxylic acids is 2. The van der Waals surface area contributed by atoms with E-state index in [4.69, 9.17) is 4.42 Å². The van der Waals surface area contributed by atoms with Crippen LogP contribution in [0, 0.1) is 6.92 Å². The number of aromatic amines is 1. The average molecular weight is 372 g/mol. The van der Waals surface area contributed by atoms with Gasteiger partial charge in [-0.25, -0.2) is 0 Å². The van der Waals surface area contributed by atoms with Crippen LogP contribution in [0.2, 0.25) is 0 Å². The molecule has 1 aliphatic heterocycles. The van der Waals surface area contributed by atoms with E-state index in [-0.39, 0.29) is 29.5 Å². The molecule has 1 fully saturated rings. The zero-order valence-corrected chi connectivity index (χ0v) is 15.5. The molecule has 0 bridgehead atoms. The number of H-pyrrole nitrogens is 1. The second kappa shape index (κ2) is 8.22. The molecule has 1 saturated heterocycles. The van der Waals surface area contributed by atoms with Gasteiger partial charge in [0.2, 0.25) is 11.5 Å². The molecule has 3 N–H and O–H groups in total. The Kier molecular flexibility index (Phi) is 5.75. The zero-order chi connectivity index (χ0) is 19.4. The SMILES string of the molecule is CCNC(=O)[C@@H]1C[C@@H](NC(=O)c2ccc(=O)[nH]c2)CN1Cc1ccc(C)o1. The van der Waals surface area contributed by atoms with Gasteiger partial charge in [0.25, 0.3) is 5.91 Å². The molecule has 8 heteroatoms. The number of rotatable bonds is 6. The molecule has 0 radical (unpaired) electrons.